The molecule has 5 nitrogen and oxygen atoms in total. The normalized spacial score (nSPS) is 10.9. The second-order valence-corrected chi connectivity index (χ2v) is 4.82. The van der Waals surface area contributed by atoms with Crippen LogP contribution in [0.2, 0.25) is 0 Å². The minimum Gasteiger partial charge on any atom is -0.359 e. The van der Waals surface area contributed by atoms with Crippen LogP contribution in [0.4, 0.5) is 11.4 Å². The van der Waals surface area contributed by atoms with Crippen molar-refractivity contribution in [2.24, 2.45) is 0 Å². The smallest absolute Gasteiger partial charge is 0.221 e. The summed E-state index contributed by atoms with van der Waals surface area (Å²) < 4.78 is 0. The van der Waals surface area contributed by atoms with E-state index < -0.39 is 0 Å². The van der Waals surface area contributed by atoms with E-state index in [-0.39, 0.29) is 11.7 Å². The van der Waals surface area contributed by atoms with Crippen LogP contribution in [0.25, 0.3) is 0 Å². The summed E-state index contributed by atoms with van der Waals surface area (Å²) in [5.74, 6) is -0.216. The van der Waals surface area contributed by atoms with Crippen LogP contribution in [-0.4, -0.2) is 16.7 Å². The summed E-state index contributed by atoms with van der Waals surface area (Å²) in [6.07, 6.45) is 4.69. The number of nitrogens with one attached hydrogen (secondary N) is 2. The maximum Gasteiger partial charge on any atom is 0.221 e. The predicted molar refractivity (Wildman–Crippen MR) is 86.7 cm³/mol. The minimum atomic E-state index is -0.112. The topological polar surface area (TPSA) is 71.1 Å². The lowest BCUT2D eigenvalue weighted by Gasteiger charge is -2.08. The molecule has 0 aliphatic rings. The summed E-state index contributed by atoms with van der Waals surface area (Å²) in [6.45, 7) is 3.28. The van der Waals surface area contributed by atoms with Crippen molar-refractivity contribution in [3.63, 3.8) is 0 Å². The Morgan fingerprint density at radius 1 is 1.00 bits per heavy atom. The Balaban J connectivity index is 2.02. The number of allylic oxidation sites excluding steroid dienone is 2. The molecule has 0 spiro atoms. The van der Waals surface area contributed by atoms with Crippen molar-refractivity contribution in [1.29, 1.82) is 0 Å². The molecule has 0 unspecified atom stereocenters. The first-order valence-electron chi connectivity index (χ1n) is 6.82. The zero-order valence-electron chi connectivity index (χ0n) is 12.5. The van der Waals surface area contributed by atoms with Crippen LogP contribution < -0.4 is 10.6 Å². The van der Waals surface area contributed by atoms with E-state index >= 15 is 0 Å². The van der Waals surface area contributed by atoms with Crippen molar-refractivity contribution in [2.75, 3.05) is 10.6 Å². The predicted octanol–water partition coefficient (Wildman–Crippen LogP) is 3.24. The molecule has 2 rings (SSSR count). The third kappa shape index (κ3) is 4.56. The second-order valence-electron chi connectivity index (χ2n) is 4.82. The van der Waals surface area contributed by atoms with Crippen LogP contribution >= 0.6 is 0 Å². The molecule has 1 heterocycles. The molecular formula is C17H17N3O2. The van der Waals surface area contributed by atoms with E-state index in [4.69, 9.17) is 0 Å². The molecule has 22 heavy (non-hydrogen) atoms. The first-order chi connectivity index (χ1) is 10.5. The van der Waals surface area contributed by atoms with Gasteiger partial charge in [0.1, 0.15) is 0 Å². The quantitative estimate of drug-likeness (QED) is 0.656. The number of anilines is 2. The third-order valence-electron chi connectivity index (χ3n) is 2.84. The highest BCUT2D eigenvalue weighted by molar-refractivity contribution is 6.04. The number of amides is 1. The maximum absolute atomic E-state index is 12.0. The Bertz CT molecular complexity index is 692. The molecular weight excluding hydrogens is 278 g/mol. The van der Waals surface area contributed by atoms with Crippen molar-refractivity contribution in [3.8, 4) is 0 Å². The number of ketones is 1. The first kappa shape index (κ1) is 15.4. The molecule has 0 aliphatic heterocycles. The Morgan fingerprint density at radius 3 is 2.18 bits per heavy atom. The number of hydrogen-bond donors (Lipinski definition) is 2. The number of carbonyl (C=O) groups excluding carboxylic acids is 2. The summed E-state index contributed by atoms with van der Waals surface area (Å²) in [5.41, 5.74) is 2.83. The lowest BCUT2D eigenvalue weighted by atomic mass is 10.1. The van der Waals surface area contributed by atoms with Crippen LogP contribution in [0.1, 0.15) is 24.2 Å². The van der Waals surface area contributed by atoms with Gasteiger partial charge in [-0.15, -0.1) is 0 Å². The fraction of sp³-hybridized carbons (Fsp3) is 0.118. The standard InChI is InChI=1S/C17H17N3O2/c1-12(10-17(22)14-4-3-9-18-11-14)19-15-5-7-16(8-6-15)20-13(2)21/h3-11,19H,1-2H3,(H,20,21)/b12-10+. The average molecular weight is 295 g/mol. The highest BCUT2D eigenvalue weighted by Crippen LogP contribution is 2.15. The van der Waals surface area contributed by atoms with Crippen molar-refractivity contribution in [3.05, 3.63) is 66.1 Å². The van der Waals surface area contributed by atoms with Crippen LogP contribution in [0, 0.1) is 0 Å². The molecule has 0 saturated carbocycles. The molecule has 2 aromatic rings. The lowest BCUT2D eigenvalue weighted by Crippen LogP contribution is -2.05. The first-order valence-corrected chi connectivity index (χ1v) is 6.82. The highest BCUT2D eigenvalue weighted by atomic mass is 16.1. The summed E-state index contributed by atoms with van der Waals surface area (Å²) in [7, 11) is 0. The van der Waals surface area contributed by atoms with Crippen molar-refractivity contribution in [1.82, 2.24) is 4.98 Å². The van der Waals surface area contributed by atoms with Crippen LogP contribution in [0.5, 0.6) is 0 Å². The van der Waals surface area contributed by atoms with Gasteiger partial charge < -0.3 is 10.6 Å². The van der Waals surface area contributed by atoms with E-state index in [0.717, 1.165) is 17.1 Å². The van der Waals surface area contributed by atoms with E-state index in [1.807, 2.05) is 19.1 Å². The molecule has 0 radical (unpaired) electrons. The van der Waals surface area contributed by atoms with E-state index in [2.05, 4.69) is 15.6 Å². The van der Waals surface area contributed by atoms with Gasteiger partial charge in [-0.05, 0) is 43.3 Å². The molecule has 5 heteroatoms. The van der Waals surface area contributed by atoms with Gasteiger partial charge in [-0.2, -0.15) is 0 Å². The van der Waals surface area contributed by atoms with Crippen LogP contribution in [0.15, 0.2) is 60.6 Å². The Kier molecular flexibility index (Phi) is 5.03. The minimum absolute atomic E-state index is 0.104. The van der Waals surface area contributed by atoms with E-state index in [0.29, 0.717) is 5.56 Å². The van der Waals surface area contributed by atoms with Crippen molar-refractivity contribution >= 4 is 23.1 Å². The molecule has 1 aromatic carbocycles. The molecule has 2 N–H and O–H groups in total. The number of rotatable bonds is 5. The molecule has 0 fully saturated rings. The fourth-order valence-electron chi connectivity index (χ4n) is 1.89. The van der Waals surface area contributed by atoms with E-state index in [1.54, 1.807) is 30.5 Å². The largest absolute Gasteiger partial charge is 0.359 e. The number of carbonyl (C=O) groups is 2. The van der Waals surface area contributed by atoms with Gasteiger partial charge in [0.25, 0.3) is 0 Å². The number of pyridine rings is 1. The molecule has 112 valence electrons. The van der Waals surface area contributed by atoms with E-state index in [9.17, 15) is 9.59 Å². The third-order valence-corrected chi connectivity index (χ3v) is 2.84. The lowest BCUT2D eigenvalue weighted by molar-refractivity contribution is -0.114. The van der Waals surface area contributed by atoms with Gasteiger partial charge in [0.05, 0.1) is 0 Å². The van der Waals surface area contributed by atoms with Gasteiger partial charge in [0, 0.05) is 48.0 Å². The van der Waals surface area contributed by atoms with Gasteiger partial charge >= 0.3 is 0 Å². The SMILES string of the molecule is CC(=O)Nc1ccc(N/C(C)=C/C(=O)c2cccnc2)cc1. The van der Waals surface area contributed by atoms with E-state index in [1.165, 1.54) is 19.2 Å². The highest BCUT2D eigenvalue weighted by Gasteiger charge is 2.03. The summed E-state index contributed by atoms with van der Waals surface area (Å²) in [4.78, 5) is 26.9. The van der Waals surface area contributed by atoms with Crippen molar-refractivity contribution in [2.45, 2.75) is 13.8 Å². The number of nitrogens with zero attached hydrogens (tertiary/aromatic N) is 1. The molecule has 1 amide bonds. The Hall–Kier alpha value is -2.95. The Labute approximate surface area is 129 Å². The molecule has 0 saturated heterocycles. The monoisotopic (exact) mass is 295 g/mol. The Morgan fingerprint density at radius 2 is 1.64 bits per heavy atom. The van der Waals surface area contributed by atoms with Gasteiger partial charge in [-0.1, -0.05) is 0 Å². The molecule has 0 aliphatic carbocycles. The van der Waals surface area contributed by atoms with Gasteiger partial charge in [-0.25, -0.2) is 0 Å². The molecule has 0 atom stereocenters. The summed E-state index contributed by atoms with van der Waals surface area (Å²) in [5, 5.41) is 5.83. The number of aromatic nitrogens is 1. The van der Waals surface area contributed by atoms with Gasteiger partial charge in [-0.3, -0.25) is 14.6 Å². The van der Waals surface area contributed by atoms with Gasteiger partial charge in [0.2, 0.25) is 5.91 Å². The molecule has 0 bridgehead atoms. The fourth-order valence-corrected chi connectivity index (χ4v) is 1.89. The number of hydrogen-bond acceptors (Lipinski definition) is 4. The maximum atomic E-state index is 12.0. The van der Waals surface area contributed by atoms with Crippen LogP contribution in [-0.2, 0) is 4.79 Å². The van der Waals surface area contributed by atoms with Crippen molar-refractivity contribution < 1.29 is 9.59 Å². The summed E-state index contributed by atoms with van der Waals surface area (Å²) in [6, 6.07) is 10.7. The number of benzene rings is 1. The molecule has 1 aromatic heterocycles. The van der Waals surface area contributed by atoms with Gasteiger partial charge in [0.15, 0.2) is 5.78 Å². The van der Waals surface area contributed by atoms with Crippen LogP contribution in [0.3, 0.4) is 0 Å². The zero-order chi connectivity index (χ0) is 15.9. The zero-order valence-corrected chi connectivity index (χ0v) is 12.5. The second kappa shape index (κ2) is 7.17. The average Bonchev–Trinajstić information content (AvgIpc) is 2.49. The summed E-state index contributed by atoms with van der Waals surface area (Å²) >= 11 is 0.